The molecule has 0 radical (unpaired) electrons. The average molecular weight is 329 g/mol. The van der Waals surface area contributed by atoms with Crippen LogP contribution in [0.15, 0.2) is 42.5 Å². The Kier molecular flexibility index (Phi) is 7.67. The molecule has 5 heteroatoms. The second-order valence-electron chi connectivity index (χ2n) is 5.08. The Labute approximate surface area is 152 Å². The number of carbonyl (C=O) groups is 1. The molecule has 0 saturated heterocycles. The van der Waals surface area contributed by atoms with Crippen molar-refractivity contribution in [3.8, 4) is 5.75 Å². The van der Waals surface area contributed by atoms with E-state index in [1.165, 1.54) is 0 Å². The zero-order valence-corrected chi connectivity index (χ0v) is 15.1. The molecule has 2 aromatic rings. The first kappa shape index (κ1) is 19.3. The average Bonchev–Trinajstić information content (AvgIpc) is 2.40. The third-order valence-corrected chi connectivity index (χ3v) is 4.35. The van der Waals surface area contributed by atoms with Gasteiger partial charge >= 0.3 is 18.9 Å². The van der Waals surface area contributed by atoms with Crippen molar-refractivity contribution in [3.05, 3.63) is 58.6 Å². The SMILES string of the molecule is Cc1cccc(Cl)c1C(=O)Pc1ccc(OC(C)C)cc1.[H-].[Li+]. The Morgan fingerprint density at radius 3 is 2.36 bits per heavy atom. The van der Waals surface area contributed by atoms with E-state index >= 15 is 0 Å². The first-order valence-corrected chi connectivity index (χ1v) is 8.18. The molecule has 0 fully saturated rings. The van der Waals surface area contributed by atoms with E-state index in [0.717, 1.165) is 16.6 Å². The zero-order valence-electron chi connectivity index (χ0n) is 14.3. The molecule has 0 saturated carbocycles. The Morgan fingerprint density at radius 1 is 1.18 bits per heavy atom. The molecule has 0 aromatic heterocycles. The monoisotopic (exact) mass is 328 g/mol. The molecule has 0 amide bonds. The molecular formula is C17H19ClLiO2P. The van der Waals surface area contributed by atoms with Gasteiger partial charge in [0.15, 0.2) is 5.52 Å². The third kappa shape index (κ3) is 5.15. The number of ether oxygens (including phenoxy) is 1. The van der Waals surface area contributed by atoms with Crippen LogP contribution in [0, 0.1) is 6.92 Å². The number of carbonyl (C=O) groups excluding carboxylic acids is 1. The van der Waals surface area contributed by atoms with Crippen molar-refractivity contribution in [2.45, 2.75) is 26.9 Å². The Morgan fingerprint density at radius 2 is 1.82 bits per heavy atom. The summed E-state index contributed by atoms with van der Waals surface area (Å²) >= 11 is 6.14. The van der Waals surface area contributed by atoms with E-state index in [-0.39, 0.29) is 40.5 Å². The van der Waals surface area contributed by atoms with Crippen LogP contribution in [0.5, 0.6) is 5.75 Å². The minimum Gasteiger partial charge on any atom is -1.00 e. The van der Waals surface area contributed by atoms with Crippen LogP contribution in [0.1, 0.15) is 31.2 Å². The van der Waals surface area contributed by atoms with Gasteiger partial charge in [-0.2, -0.15) is 0 Å². The summed E-state index contributed by atoms with van der Waals surface area (Å²) in [4.78, 5) is 12.4. The van der Waals surface area contributed by atoms with Gasteiger partial charge in [-0.3, -0.25) is 4.79 Å². The van der Waals surface area contributed by atoms with Crippen LogP contribution in [0.4, 0.5) is 0 Å². The van der Waals surface area contributed by atoms with Crippen LogP contribution >= 0.6 is 20.2 Å². The molecule has 2 nitrogen and oxygen atoms in total. The van der Waals surface area contributed by atoms with Crippen LogP contribution in [-0.2, 0) is 0 Å². The fourth-order valence-electron chi connectivity index (χ4n) is 2.00. The molecule has 0 aliphatic rings. The molecule has 0 spiro atoms. The van der Waals surface area contributed by atoms with Crippen molar-refractivity contribution in [3.63, 3.8) is 0 Å². The predicted molar refractivity (Wildman–Crippen MR) is 91.8 cm³/mol. The number of hydrogen-bond donors (Lipinski definition) is 0. The van der Waals surface area contributed by atoms with Gasteiger partial charge in [-0.15, -0.1) is 0 Å². The number of aryl methyl sites for hydroxylation is 1. The Balaban J connectivity index is 0.00000242. The van der Waals surface area contributed by atoms with Crippen LogP contribution in [0.3, 0.4) is 0 Å². The van der Waals surface area contributed by atoms with Gasteiger partial charge in [-0.25, -0.2) is 0 Å². The summed E-state index contributed by atoms with van der Waals surface area (Å²) in [7, 11) is 0.0619. The molecule has 0 bridgehead atoms. The smallest absolute Gasteiger partial charge is 1.00 e. The van der Waals surface area contributed by atoms with Crippen molar-refractivity contribution in [1.82, 2.24) is 0 Å². The maximum absolute atomic E-state index is 12.4. The maximum atomic E-state index is 12.4. The molecule has 0 heterocycles. The molecular weight excluding hydrogens is 310 g/mol. The summed E-state index contributed by atoms with van der Waals surface area (Å²) < 4.78 is 5.59. The zero-order chi connectivity index (χ0) is 15.4. The molecule has 112 valence electrons. The van der Waals surface area contributed by atoms with E-state index in [1.807, 2.05) is 57.2 Å². The molecule has 1 atom stereocenters. The molecule has 2 aromatic carbocycles. The van der Waals surface area contributed by atoms with E-state index in [2.05, 4.69) is 0 Å². The molecule has 2 rings (SSSR count). The van der Waals surface area contributed by atoms with Gasteiger partial charge in [0.1, 0.15) is 5.75 Å². The van der Waals surface area contributed by atoms with Gasteiger partial charge in [-0.1, -0.05) is 35.9 Å². The van der Waals surface area contributed by atoms with Gasteiger partial charge < -0.3 is 6.16 Å². The van der Waals surface area contributed by atoms with Crippen molar-refractivity contribution >= 4 is 31.0 Å². The van der Waals surface area contributed by atoms with E-state index in [1.54, 1.807) is 6.07 Å². The molecule has 0 aliphatic carbocycles. The molecule has 22 heavy (non-hydrogen) atoms. The first-order valence-electron chi connectivity index (χ1n) is 6.80. The quantitative estimate of drug-likeness (QED) is 0.617. The predicted octanol–water partition coefficient (Wildman–Crippen LogP) is 1.70. The molecule has 1 unspecified atom stereocenters. The summed E-state index contributed by atoms with van der Waals surface area (Å²) in [5.41, 5.74) is 1.61. The second-order valence-corrected chi connectivity index (χ2v) is 6.77. The summed E-state index contributed by atoms with van der Waals surface area (Å²) in [5.74, 6) is 0.819. The summed E-state index contributed by atoms with van der Waals surface area (Å²) in [5, 5.41) is 1.50. The summed E-state index contributed by atoms with van der Waals surface area (Å²) in [6, 6.07) is 13.2. The maximum Gasteiger partial charge on any atom is 1.00 e. The largest absolute Gasteiger partial charge is 1.00 e. The van der Waals surface area contributed by atoms with Crippen molar-refractivity contribution in [2.24, 2.45) is 0 Å². The fourth-order valence-corrected chi connectivity index (χ4v) is 3.44. The minimum absolute atomic E-state index is 0. The minimum atomic E-state index is 0. The van der Waals surface area contributed by atoms with Gasteiger partial charge in [0.25, 0.3) is 0 Å². The van der Waals surface area contributed by atoms with Gasteiger partial charge in [0, 0.05) is 5.56 Å². The number of rotatable bonds is 5. The van der Waals surface area contributed by atoms with E-state index in [9.17, 15) is 4.79 Å². The molecule has 0 aliphatic heterocycles. The topological polar surface area (TPSA) is 26.3 Å². The van der Waals surface area contributed by atoms with E-state index in [0.29, 0.717) is 10.6 Å². The normalized spacial score (nSPS) is 10.8. The third-order valence-electron chi connectivity index (χ3n) is 2.93. The van der Waals surface area contributed by atoms with Gasteiger partial charge in [0.05, 0.1) is 11.1 Å². The summed E-state index contributed by atoms with van der Waals surface area (Å²) in [6.07, 6.45) is 0.144. The number of halogens is 1. The van der Waals surface area contributed by atoms with Crippen LogP contribution in [0.25, 0.3) is 0 Å². The number of benzene rings is 2. The van der Waals surface area contributed by atoms with E-state index in [4.69, 9.17) is 16.3 Å². The standard InChI is InChI=1S/C17H18ClO2P.Li.H/c1-11(2)20-13-7-9-14(10-8-13)21-17(19)16-12(3)5-4-6-15(16)18;;/h4-11,21H,1-3H3;;/q;+1;-1. The van der Waals surface area contributed by atoms with Crippen molar-refractivity contribution in [2.75, 3.05) is 0 Å². The van der Waals surface area contributed by atoms with Crippen LogP contribution in [0.2, 0.25) is 5.02 Å². The second kappa shape index (κ2) is 8.75. The van der Waals surface area contributed by atoms with Crippen molar-refractivity contribution < 1.29 is 29.8 Å². The summed E-state index contributed by atoms with van der Waals surface area (Å²) in [6.45, 7) is 5.88. The van der Waals surface area contributed by atoms with Gasteiger partial charge in [-0.05, 0) is 58.4 Å². The van der Waals surface area contributed by atoms with E-state index < -0.39 is 0 Å². The fraction of sp³-hybridized carbons (Fsp3) is 0.235. The Bertz CT molecular complexity index is 627. The Hall–Kier alpha value is -0.773. The molecule has 0 N–H and O–H groups in total. The van der Waals surface area contributed by atoms with Gasteiger partial charge in [0.2, 0.25) is 0 Å². The van der Waals surface area contributed by atoms with Crippen molar-refractivity contribution in [1.29, 1.82) is 0 Å². The van der Waals surface area contributed by atoms with Crippen LogP contribution < -0.4 is 28.9 Å². The first-order chi connectivity index (χ1) is 9.97. The van der Waals surface area contributed by atoms with Crippen LogP contribution in [-0.4, -0.2) is 11.6 Å². The number of hydrogen-bond acceptors (Lipinski definition) is 2.